The van der Waals surface area contributed by atoms with Gasteiger partial charge in [0.05, 0.1) is 37.7 Å². The molecule has 53 heavy (non-hydrogen) atoms. The zero-order chi connectivity index (χ0) is 37.3. The molecule has 2 fully saturated rings. The quantitative estimate of drug-likeness (QED) is 0.0943. The standard InChI is InChI=1S/C40H48BrN7O5/c1-26(29-8-7-9-30(41)22-29)43-39-33-23-35(52-3)36(24-34(33)44-27(2)45-39)53-21-6-4-5-16-47-17-19-48(20-18-47)38(50)25-42-31-12-10-28(11-13-31)32-14-15-37(49)46-40(32)51/h7-13,22-24,26,32,42H,4-6,14-21,25H2,1-3H3,(H,43,44,45)(H,46,49,51). The van der Waals surface area contributed by atoms with Crippen LogP contribution in [0.2, 0.25) is 0 Å². The lowest BCUT2D eigenvalue weighted by molar-refractivity contribution is -0.134. The number of piperazine rings is 1. The highest BCUT2D eigenvalue weighted by atomic mass is 79.9. The van der Waals surface area contributed by atoms with Crippen molar-refractivity contribution >= 4 is 56.1 Å². The number of ether oxygens (including phenoxy) is 2. The Hall–Kier alpha value is -4.75. The average Bonchev–Trinajstić information content (AvgIpc) is 3.15. The minimum absolute atomic E-state index is 0.0345. The molecule has 3 amide bonds. The van der Waals surface area contributed by atoms with Gasteiger partial charge in [0.2, 0.25) is 17.7 Å². The summed E-state index contributed by atoms with van der Waals surface area (Å²) < 4.78 is 13.0. The van der Waals surface area contributed by atoms with Crippen LogP contribution in [0.1, 0.15) is 67.9 Å². The second kappa shape index (κ2) is 17.8. The largest absolute Gasteiger partial charge is 0.493 e. The van der Waals surface area contributed by atoms with Crippen LogP contribution in [0, 0.1) is 6.92 Å². The van der Waals surface area contributed by atoms with Crippen molar-refractivity contribution in [2.75, 3.05) is 63.6 Å². The fourth-order valence-corrected chi connectivity index (χ4v) is 7.27. The van der Waals surface area contributed by atoms with E-state index in [1.807, 2.05) is 60.4 Å². The molecule has 2 aliphatic heterocycles. The van der Waals surface area contributed by atoms with Gasteiger partial charge in [0.1, 0.15) is 11.6 Å². The molecular formula is C40H48BrN7O5. The fraction of sp³-hybridized carbons (Fsp3) is 0.425. The van der Waals surface area contributed by atoms with Gasteiger partial charge in [0.25, 0.3) is 0 Å². The Labute approximate surface area is 319 Å². The van der Waals surface area contributed by atoms with E-state index < -0.39 is 0 Å². The fourth-order valence-electron chi connectivity index (χ4n) is 6.85. The summed E-state index contributed by atoms with van der Waals surface area (Å²) in [6.45, 7) is 8.92. The van der Waals surface area contributed by atoms with E-state index in [0.29, 0.717) is 49.9 Å². The number of carbonyl (C=O) groups is 3. The first kappa shape index (κ1) is 38.0. The number of hydrogen-bond donors (Lipinski definition) is 3. The van der Waals surface area contributed by atoms with E-state index in [1.54, 1.807) is 7.11 Å². The Morgan fingerprint density at radius 3 is 2.53 bits per heavy atom. The number of anilines is 2. The maximum absolute atomic E-state index is 12.9. The zero-order valence-corrected chi connectivity index (χ0v) is 32.2. The number of unbranched alkanes of at least 4 members (excludes halogenated alkanes) is 2. The van der Waals surface area contributed by atoms with Gasteiger partial charge in [-0.15, -0.1) is 0 Å². The van der Waals surface area contributed by atoms with E-state index in [1.165, 1.54) is 0 Å². The molecule has 3 N–H and O–H groups in total. The number of nitrogens with one attached hydrogen (secondary N) is 3. The van der Waals surface area contributed by atoms with Crippen LogP contribution in [0.3, 0.4) is 0 Å². The highest BCUT2D eigenvalue weighted by molar-refractivity contribution is 9.10. The summed E-state index contributed by atoms with van der Waals surface area (Å²) in [4.78, 5) is 50.2. The van der Waals surface area contributed by atoms with Gasteiger partial charge in [0, 0.05) is 54.2 Å². The molecular weight excluding hydrogens is 738 g/mol. The van der Waals surface area contributed by atoms with Crippen molar-refractivity contribution < 1.29 is 23.9 Å². The van der Waals surface area contributed by atoms with E-state index in [9.17, 15) is 14.4 Å². The number of benzene rings is 3. The second-order valence-corrected chi connectivity index (χ2v) is 14.6. The summed E-state index contributed by atoms with van der Waals surface area (Å²) in [5.41, 5.74) is 3.64. The summed E-state index contributed by atoms with van der Waals surface area (Å²) in [7, 11) is 1.65. The van der Waals surface area contributed by atoms with Gasteiger partial charge in [-0.3, -0.25) is 24.6 Å². The highest BCUT2D eigenvalue weighted by Gasteiger charge is 2.28. The van der Waals surface area contributed by atoms with Gasteiger partial charge in [-0.05, 0) is 87.5 Å². The summed E-state index contributed by atoms with van der Waals surface area (Å²) in [6, 6.07) is 19.7. The first-order chi connectivity index (χ1) is 25.7. The topological polar surface area (TPSA) is 138 Å². The summed E-state index contributed by atoms with van der Waals surface area (Å²) >= 11 is 3.56. The van der Waals surface area contributed by atoms with Crippen molar-refractivity contribution in [3.05, 3.63) is 82.1 Å². The Morgan fingerprint density at radius 1 is 1.00 bits per heavy atom. The first-order valence-electron chi connectivity index (χ1n) is 18.4. The number of aromatic nitrogens is 2. The number of imide groups is 1. The normalized spacial score (nSPS) is 17.0. The van der Waals surface area contributed by atoms with Crippen molar-refractivity contribution in [2.24, 2.45) is 0 Å². The van der Waals surface area contributed by atoms with Gasteiger partial charge in [0.15, 0.2) is 11.5 Å². The number of methoxy groups -OCH3 is 1. The smallest absolute Gasteiger partial charge is 0.241 e. The second-order valence-electron chi connectivity index (χ2n) is 13.7. The molecule has 3 heterocycles. The molecule has 12 nitrogen and oxygen atoms in total. The average molecular weight is 787 g/mol. The van der Waals surface area contributed by atoms with Crippen LogP contribution >= 0.6 is 15.9 Å². The lowest BCUT2D eigenvalue weighted by Gasteiger charge is -2.34. The van der Waals surface area contributed by atoms with E-state index in [2.05, 4.69) is 55.8 Å². The van der Waals surface area contributed by atoms with Gasteiger partial charge in [-0.25, -0.2) is 9.97 Å². The first-order valence-corrected chi connectivity index (χ1v) is 19.1. The number of halogens is 1. The summed E-state index contributed by atoms with van der Waals surface area (Å²) in [5.74, 6) is 2.03. The molecule has 2 saturated heterocycles. The van der Waals surface area contributed by atoms with Crippen LogP contribution in [-0.4, -0.2) is 90.5 Å². The van der Waals surface area contributed by atoms with Crippen LogP contribution in [0.5, 0.6) is 11.5 Å². The van der Waals surface area contributed by atoms with Gasteiger partial charge in [-0.2, -0.15) is 0 Å². The summed E-state index contributed by atoms with van der Waals surface area (Å²) in [5, 5.41) is 10.0. The molecule has 0 radical (unpaired) electrons. The third-order valence-electron chi connectivity index (χ3n) is 9.89. The molecule has 13 heteroatoms. The third kappa shape index (κ3) is 10.0. The van der Waals surface area contributed by atoms with Gasteiger partial charge in [-0.1, -0.05) is 40.2 Å². The Kier molecular flexibility index (Phi) is 12.8. The summed E-state index contributed by atoms with van der Waals surface area (Å²) in [6.07, 6.45) is 3.87. The predicted octanol–water partition coefficient (Wildman–Crippen LogP) is 6.21. The van der Waals surface area contributed by atoms with Gasteiger partial charge < -0.3 is 25.0 Å². The highest BCUT2D eigenvalue weighted by Crippen LogP contribution is 2.36. The van der Waals surface area contributed by atoms with Crippen molar-refractivity contribution in [1.29, 1.82) is 0 Å². The molecule has 2 aliphatic rings. The molecule has 0 spiro atoms. The number of hydrogen-bond acceptors (Lipinski definition) is 10. The monoisotopic (exact) mass is 785 g/mol. The number of nitrogens with zero attached hydrogens (tertiary/aromatic N) is 4. The molecule has 0 bridgehead atoms. The number of aryl methyl sites for hydroxylation is 1. The van der Waals surface area contributed by atoms with Crippen LogP contribution in [0.15, 0.2) is 65.1 Å². The molecule has 1 aromatic heterocycles. The number of carbonyl (C=O) groups excluding carboxylic acids is 3. The number of fused-ring (bicyclic) bond motifs is 1. The van der Waals surface area contributed by atoms with E-state index in [4.69, 9.17) is 19.4 Å². The maximum Gasteiger partial charge on any atom is 0.241 e. The SMILES string of the molecule is COc1cc2c(NC(C)c3cccc(Br)c3)nc(C)nc2cc1OCCCCCN1CCN(C(=O)CNc2ccc(C3CCC(=O)NC3=O)cc2)CC1. The molecule has 2 atom stereocenters. The van der Waals surface area contributed by atoms with Crippen LogP contribution in [0.25, 0.3) is 10.9 Å². The van der Waals surface area contributed by atoms with Crippen LogP contribution in [0.4, 0.5) is 11.5 Å². The number of amides is 3. The molecule has 2 unspecified atom stereocenters. The van der Waals surface area contributed by atoms with Crippen molar-refractivity contribution in [3.63, 3.8) is 0 Å². The van der Waals surface area contributed by atoms with Crippen molar-refractivity contribution in [2.45, 2.75) is 57.9 Å². The Morgan fingerprint density at radius 2 is 1.79 bits per heavy atom. The zero-order valence-electron chi connectivity index (χ0n) is 30.6. The minimum Gasteiger partial charge on any atom is -0.493 e. The Balaban J connectivity index is 0.898. The van der Waals surface area contributed by atoms with Crippen LogP contribution in [-0.2, 0) is 14.4 Å². The van der Waals surface area contributed by atoms with E-state index in [0.717, 1.165) is 76.9 Å². The molecule has 6 rings (SSSR count). The number of rotatable bonds is 15. The molecule has 0 saturated carbocycles. The van der Waals surface area contributed by atoms with Gasteiger partial charge >= 0.3 is 0 Å². The molecule has 4 aromatic rings. The lowest BCUT2D eigenvalue weighted by atomic mass is 9.90. The van der Waals surface area contributed by atoms with E-state index in [-0.39, 0.29) is 36.2 Å². The maximum atomic E-state index is 12.9. The van der Waals surface area contributed by atoms with E-state index >= 15 is 0 Å². The van der Waals surface area contributed by atoms with Crippen molar-refractivity contribution in [3.8, 4) is 11.5 Å². The molecule has 0 aliphatic carbocycles. The molecule has 3 aromatic carbocycles. The Bertz CT molecular complexity index is 1920. The van der Waals surface area contributed by atoms with Crippen LogP contribution < -0.4 is 25.4 Å². The lowest BCUT2D eigenvalue weighted by Crippen LogP contribution is -2.50. The minimum atomic E-state index is -0.316. The molecule has 280 valence electrons. The number of piperidine rings is 1. The van der Waals surface area contributed by atoms with Crippen molar-refractivity contribution in [1.82, 2.24) is 25.1 Å². The third-order valence-corrected chi connectivity index (χ3v) is 10.4. The predicted molar refractivity (Wildman–Crippen MR) is 209 cm³/mol.